The van der Waals surface area contributed by atoms with Crippen LogP contribution in [0.2, 0.25) is 0 Å². The molecule has 0 aliphatic carbocycles. The van der Waals surface area contributed by atoms with Crippen LogP contribution in [0, 0.1) is 0 Å². The van der Waals surface area contributed by atoms with Crippen molar-refractivity contribution in [2.24, 2.45) is 0 Å². The first-order chi connectivity index (χ1) is 4.95. The van der Waals surface area contributed by atoms with Crippen LogP contribution in [0.15, 0.2) is 0 Å². The van der Waals surface area contributed by atoms with Gasteiger partial charge in [-0.05, 0) is 0 Å². The Morgan fingerprint density at radius 2 is 1.10 bits per heavy atom. The van der Waals surface area contributed by atoms with Crippen LogP contribution in [-0.4, -0.2) is 41.7 Å². The molecule has 0 aromatic rings. The molecule has 3 fully saturated rings. The Kier molecular flexibility index (Phi) is 0.906. The fraction of sp³-hybridized carbons (Fsp3) is 1.00. The average Bonchev–Trinajstić information content (AvgIpc) is 2.78. The normalized spacial score (nSPS) is 52.2. The highest BCUT2D eigenvalue weighted by atomic mass is 16.9. The smallest absolute Gasteiger partial charge is 0.194 e. The van der Waals surface area contributed by atoms with Gasteiger partial charge in [0, 0.05) is 0 Å². The molecule has 3 unspecified atom stereocenters. The summed E-state index contributed by atoms with van der Waals surface area (Å²) < 4.78 is 0. The Morgan fingerprint density at radius 3 is 1.30 bits per heavy atom. The lowest BCUT2D eigenvalue weighted by atomic mass is 10.8. The number of hydrogen-bond acceptors (Lipinski definition) is 6. The zero-order valence-electron chi connectivity index (χ0n) is 5.27. The van der Waals surface area contributed by atoms with E-state index < -0.39 is 0 Å². The molecule has 0 aromatic carbocycles. The second-order valence-corrected chi connectivity index (χ2v) is 2.37. The first-order valence-electron chi connectivity index (χ1n) is 3.14. The summed E-state index contributed by atoms with van der Waals surface area (Å²) in [4.78, 5) is 14.9. The average molecular weight is 145 g/mol. The number of nitrogens with zero attached hydrogens (tertiary/aromatic N) is 3. The van der Waals surface area contributed by atoms with E-state index in [-0.39, 0.29) is 6.29 Å². The summed E-state index contributed by atoms with van der Waals surface area (Å²) in [5.41, 5.74) is 0. The fourth-order valence-corrected chi connectivity index (χ4v) is 0.931. The van der Waals surface area contributed by atoms with Crippen LogP contribution in [0.4, 0.5) is 0 Å². The summed E-state index contributed by atoms with van der Waals surface area (Å²) in [6.07, 6.45) is 0.0556. The molecule has 0 saturated carbocycles. The molecule has 3 aliphatic rings. The van der Waals surface area contributed by atoms with Crippen molar-refractivity contribution in [2.45, 2.75) is 6.29 Å². The maximum atomic E-state index is 4.96. The summed E-state index contributed by atoms with van der Waals surface area (Å²) in [7, 11) is 0. The highest BCUT2D eigenvalue weighted by Gasteiger charge is 2.49. The summed E-state index contributed by atoms with van der Waals surface area (Å²) in [5, 5.41) is 5.38. The minimum atomic E-state index is 0.0556. The zero-order valence-corrected chi connectivity index (χ0v) is 5.27. The van der Waals surface area contributed by atoms with Crippen molar-refractivity contribution in [1.82, 2.24) is 15.2 Å². The van der Waals surface area contributed by atoms with Crippen LogP contribution in [-0.2, 0) is 14.5 Å². The first-order valence-corrected chi connectivity index (χ1v) is 3.14. The second-order valence-electron chi connectivity index (χ2n) is 2.37. The lowest BCUT2D eigenvalue weighted by Gasteiger charge is -2.10. The van der Waals surface area contributed by atoms with Crippen molar-refractivity contribution in [1.29, 1.82) is 0 Å². The largest absolute Gasteiger partial charge is 0.276 e. The molecule has 3 rings (SSSR count). The Balaban J connectivity index is 1.69. The first kappa shape index (κ1) is 5.42. The van der Waals surface area contributed by atoms with Gasteiger partial charge < -0.3 is 0 Å². The molecule has 0 spiro atoms. The molecule has 6 nitrogen and oxygen atoms in total. The Morgan fingerprint density at radius 1 is 0.800 bits per heavy atom. The minimum absolute atomic E-state index is 0.0556. The molecule has 56 valence electrons. The molecule has 3 saturated heterocycles. The topological polar surface area (TPSA) is 46.6 Å². The van der Waals surface area contributed by atoms with Gasteiger partial charge in [0.1, 0.15) is 20.2 Å². The van der Waals surface area contributed by atoms with Gasteiger partial charge in [-0.15, -0.1) is 15.2 Å². The van der Waals surface area contributed by atoms with Gasteiger partial charge in [-0.25, -0.2) is 0 Å². The zero-order chi connectivity index (χ0) is 6.55. The predicted octanol–water partition coefficient (Wildman–Crippen LogP) is -1.12. The fourth-order valence-electron chi connectivity index (χ4n) is 0.931. The van der Waals surface area contributed by atoms with E-state index in [1.54, 1.807) is 15.2 Å². The summed E-state index contributed by atoms with van der Waals surface area (Å²) >= 11 is 0. The van der Waals surface area contributed by atoms with Crippen LogP contribution in [0.5, 0.6) is 0 Å². The molecule has 6 heteroatoms. The molecule has 10 heavy (non-hydrogen) atoms. The Bertz CT molecular complexity index is 125. The monoisotopic (exact) mass is 145 g/mol. The molecule has 3 heterocycles. The van der Waals surface area contributed by atoms with E-state index in [1.807, 2.05) is 0 Å². The molecule has 3 atom stereocenters. The van der Waals surface area contributed by atoms with E-state index >= 15 is 0 Å². The van der Waals surface area contributed by atoms with Crippen LogP contribution < -0.4 is 0 Å². The summed E-state index contributed by atoms with van der Waals surface area (Å²) in [6.45, 7) is 2.01. The van der Waals surface area contributed by atoms with Gasteiger partial charge in [-0.2, -0.15) is 0 Å². The Labute approximate surface area is 57.3 Å². The van der Waals surface area contributed by atoms with Crippen molar-refractivity contribution < 1.29 is 14.5 Å². The second kappa shape index (κ2) is 1.67. The SMILES string of the molecule is C1ON1C(N1CO1)N1CO1. The predicted molar refractivity (Wildman–Crippen MR) is 27.2 cm³/mol. The minimum Gasteiger partial charge on any atom is -0.276 e. The van der Waals surface area contributed by atoms with Crippen LogP contribution in [0.3, 0.4) is 0 Å². The molecule has 0 radical (unpaired) electrons. The third kappa shape index (κ3) is 0.823. The maximum absolute atomic E-state index is 4.96. The molecule has 0 N–H and O–H groups in total. The van der Waals surface area contributed by atoms with Crippen molar-refractivity contribution in [3.8, 4) is 0 Å². The van der Waals surface area contributed by atoms with E-state index in [0.29, 0.717) is 20.2 Å². The molecule has 3 aliphatic heterocycles. The van der Waals surface area contributed by atoms with Crippen LogP contribution in [0.25, 0.3) is 0 Å². The summed E-state index contributed by atoms with van der Waals surface area (Å²) in [6, 6.07) is 0. The van der Waals surface area contributed by atoms with Gasteiger partial charge in [0.2, 0.25) is 0 Å². The van der Waals surface area contributed by atoms with E-state index in [9.17, 15) is 0 Å². The molecule has 0 aromatic heterocycles. The summed E-state index contributed by atoms with van der Waals surface area (Å²) in [5.74, 6) is 0. The van der Waals surface area contributed by atoms with Crippen LogP contribution in [0.1, 0.15) is 0 Å². The van der Waals surface area contributed by atoms with E-state index in [1.165, 1.54) is 0 Å². The molecular formula is C4H7N3O3. The number of hydroxylamine groups is 6. The van der Waals surface area contributed by atoms with E-state index in [2.05, 4.69) is 0 Å². The Hall–Kier alpha value is -0.240. The lowest BCUT2D eigenvalue weighted by molar-refractivity contribution is -0.0874. The third-order valence-corrected chi connectivity index (χ3v) is 1.61. The molecule has 0 amide bonds. The standard InChI is InChI=1S/C4H7N3O3/c1-5(8-1)4(6-2-9-6)7-3-10-7/h4H,1-3H2. The van der Waals surface area contributed by atoms with E-state index in [0.717, 1.165) is 0 Å². The van der Waals surface area contributed by atoms with Crippen molar-refractivity contribution >= 4 is 0 Å². The maximum Gasteiger partial charge on any atom is 0.194 e. The van der Waals surface area contributed by atoms with Crippen LogP contribution >= 0.6 is 0 Å². The van der Waals surface area contributed by atoms with Gasteiger partial charge in [0.25, 0.3) is 0 Å². The molecule has 0 bridgehead atoms. The lowest BCUT2D eigenvalue weighted by Crippen LogP contribution is -2.34. The molecular weight excluding hydrogens is 138 g/mol. The highest BCUT2D eigenvalue weighted by molar-refractivity contribution is 4.67. The van der Waals surface area contributed by atoms with Gasteiger partial charge in [0.15, 0.2) is 6.29 Å². The van der Waals surface area contributed by atoms with Crippen molar-refractivity contribution in [3.63, 3.8) is 0 Å². The number of rotatable bonds is 3. The van der Waals surface area contributed by atoms with Crippen molar-refractivity contribution in [3.05, 3.63) is 0 Å². The van der Waals surface area contributed by atoms with Gasteiger partial charge in [-0.3, -0.25) is 14.5 Å². The third-order valence-electron chi connectivity index (χ3n) is 1.61. The van der Waals surface area contributed by atoms with Gasteiger partial charge >= 0.3 is 0 Å². The van der Waals surface area contributed by atoms with Gasteiger partial charge in [0.05, 0.1) is 0 Å². The van der Waals surface area contributed by atoms with Crippen molar-refractivity contribution in [2.75, 3.05) is 20.2 Å². The van der Waals surface area contributed by atoms with E-state index in [4.69, 9.17) is 14.5 Å². The van der Waals surface area contributed by atoms with Gasteiger partial charge in [-0.1, -0.05) is 0 Å². The highest BCUT2D eigenvalue weighted by Crippen LogP contribution is 2.30. The quantitative estimate of drug-likeness (QED) is 0.469. The number of hydrogen-bond donors (Lipinski definition) is 0.